The van der Waals surface area contributed by atoms with Crippen molar-refractivity contribution in [2.24, 2.45) is 0 Å². The van der Waals surface area contributed by atoms with E-state index >= 15 is 0 Å². The summed E-state index contributed by atoms with van der Waals surface area (Å²) in [6.45, 7) is 5.91. The molecule has 0 amide bonds. The lowest BCUT2D eigenvalue weighted by atomic mass is 10.1. The van der Waals surface area contributed by atoms with Crippen molar-refractivity contribution in [2.75, 3.05) is 5.88 Å². The van der Waals surface area contributed by atoms with Gasteiger partial charge in [-0.25, -0.2) is 0 Å². The highest BCUT2D eigenvalue weighted by molar-refractivity contribution is 6.17. The Bertz CT molecular complexity index is 320. The van der Waals surface area contributed by atoms with Gasteiger partial charge in [0.15, 0.2) is 0 Å². The molecule has 0 unspecified atom stereocenters. The normalized spacial score (nSPS) is 10.7. The molecule has 0 aromatic heterocycles. The van der Waals surface area contributed by atoms with E-state index in [9.17, 15) is 0 Å². The van der Waals surface area contributed by atoms with Crippen LogP contribution in [0.1, 0.15) is 24.5 Å². The Labute approximate surface area is 90.9 Å². The van der Waals surface area contributed by atoms with Gasteiger partial charge in [0.1, 0.15) is 0 Å². The molecule has 0 saturated carbocycles. The average Bonchev–Trinajstić information content (AvgIpc) is 2.19. The molecule has 1 heteroatoms. The topological polar surface area (TPSA) is 0 Å². The van der Waals surface area contributed by atoms with E-state index in [4.69, 9.17) is 11.6 Å². The molecule has 0 atom stereocenters. The van der Waals surface area contributed by atoms with Gasteiger partial charge < -0.3 is 0 Å². The Morgan fingerprint density at radius 2 is 2.00 bits per heavy atom. The van der Waals surface area contributed by atoms with E-state index in [0.717, 1.165) is 12.0 Å². The van der Waals surface area contributed by atoms with E-state index in [-0.39, 0.29) is 0 Å². The molecule has 0 bridgehead atoms. The van der Waals surface area contributed by atoms with Crippen LogP contribution >= 0.6 is 11.6 Å². The van der Waals surface area contributed by atoms with Gasteiger partial charge in [-0.2, -0.15) is 0 Å². The quantitative estimate of drug-likeness (QED) is 0.643. The standard InChI is InChI=1S/C13H15Cl/c1-11(2)13-8-6-12(7-9-13)5-3-4-10-14/h3,5-9H,1,4,10H2,2H3. The van der Waals surface area contributed by atoms with E-state index < -0.39 is 0 Å². The number of hydrogen-bond donors (Lipinski definition) is 0. The van der Waals surface area contributed by atoms with Crippen LogP contribution in [0.25, 0.3) is 11.6 Å². The second-order valence-corrected chi connectivity index (χ2v) is 3.66. The van der Waals surface area contributed by atoms with Crippen molar-refractivity contribution in [1.29, 1.82) is 0 Å². The molecule has 74 valence electrons. The van der Waals surface area contributed by atoms with Crippen molar-refractivity contribution >= 4 is 23.3 Å². The summed E-state index contributed by atoms with van der Waals surface area (Å²) in [5, 5.41) is 0. The second kappa shape index (κ2) is 5.66. The van der Waals surface area contributed by atoms with E-state index in [1.54, 1.807) is 0 Å². The van der Waals surface area contributed by atoms with Crippen molar-refractivity contribution in [1.82, 2.24) is 0 Å². The number of hydrogen-bond acceptors (Lipinski definition) is 0. The lowest BCUT2D eigenvalue weighted by Crippen LogP contribution is -1.78. The molecule has 1 aromatic carbocycles. The summed E-state index contributed by atoms with van der Waals surface area (Å²) in [6.07, 6.45) is 5.09. The summed E-state index contributed by atoms with van der Waals surface area (Å²) in [5.74, 6) is 0.681. The zero-order valence-electron chi connectivity index (χ0n) is 8.46. The zero-order chi connectivity index (χ0) is 10.4. The van der Waals surface area contributed by atoms with Crippen LogP contribution < -0.4 is 0 Å². The highest BCUT2D eigenvalue weighted by Gasteiger charge is 1.91. The van der Waals surface area contributed by atoms with Gasteiger partial charge in [0.25, 0.3) is 0 Å². The largest absolute Gasteiger partial charge is 0.126 e. The number of halogens is 1. The summed E-state index contributed by atoms with van der Waals surface area (Å²) in [4.78, 5) is 0. The maximum Gasteiger partial charge on any atom is 0.0258 e. The Kier molecular flexibility index (Phi) is 4.48. The second-order valence-electron chi connectivity index (χ2n) is 3.28. The van der Waals surface area contributed by atoms with Crippen molar-refractivity contribution in [3.63, 3.8) is 0 Å². The fourth-order valence-electron chi connectivity index (χ4n) is 1.16. The fourth-order valence-corrected chi connectivity index (χ4v) is 1.29. The van der Waals surface area contributed by atoms with Crippen molar-refractivity contribution in [2.45, 2.75) is 13.3 Å². The first kappa shape index (κ1) is 11.1. The minimum absolute atomic E-state index is 0.681. The molecular formula is C13H15Cl. The molecule has 0 spiro atoms. The average molecular weight is 207 g/mol. The van der Waals surface area contributed by atoms with E-state index in [1.165, 1.54) is 11.1 Å². The first-order valence-corrected chi connectivity index (χ1v) is 5.26. The van der Waals surface area contributed by atoms with Crippen LogP contribution in [0.15, 0.2) is 36.9 Å². The lowest BCUT2D eigenvalue weighted by Gasteiger charge is -1.99. The molecule has 0 fully saturated rings. The molecule has 0 aliphatic rings. The van der Waals surface area contributed by atoms with Crippen LogP contribution in [0.5, 0.6) is 0 Å². The van der Waals surface area contributed by atoms with Gasteiger partial charge in [-0.3, -0.25) is 0 Å². The summed E-state index contributed by atoms with van der Waals surface area (Å²) >= 11 is 5.57. The smallest absolute Gasteiger partial charge is 0.0258 e. The highest BCUT2D eigenvalue weighted by atomic mass is 35.5. The summed E-state index contributed by atoms with van der Waals surface area (Å²) in [6, 6.07) is 8.36. The van der Waals surface area contributed by atoms with Gasteiger partial charge in [0, 0.05) is 5.88 Å². The van der Waals surface area contributed by atoms with Gasteiger partial charge in [-0.15, -0.1) is 11.6 Å². The molecule has 0 heterocycles. The zero-order valence-corrected chi connectivity index (χ0v) is 9.22. The first-order valence-electron chi connectivity index (χ1n) is 4.72. The third-order valence-corrected chi connectivity index (χ3v) is 2.21. The van der Waals surface area contributed by atoms with Crippen LogP contribution in [0, 0.1) is 0 Å². The minimum Gasteiger partial charge on any atom is -0.126 e. The summed E-state index contributed by atoms with van der Waals surface area (Å²) in [7, 11) is 0. The third-order valence-electron chi connectivity index (χ3n) is 1.99. The molecule has 0 nitrogen and oxygen atoms in total. The Morgan fingerprint density at radius 3 is 2.50 bits per heavy atom. The summed E-state index contributed by atoms with van der Waals surface area (Å²) < 4.78 is 0. The van der Waals surface area contributed by atoms with Crippen LogP contribution in [0.4, 0.5) is 0 Å². The monoisotopic (exact) mass is 206 g/mol. The summed E-state index contributed by atoms with van der Waals surface area (Å²) in [5.41, 5.74) is 3.50. The van der Waals surface area contributed by atoms with Crippen molar-refractivity contribution in [3.8, 4) is 0 Å². The van der Waals surface area contributed by atoms with Gasteiger partial charge >= 0.3 is 0 Å². The van der Waals surface area contributed by atoms with Crippen LogP contribution in [-0.4, -0.2) is 5.88 Å². The van der Waals surface area contributed by atoms with E-state index in [0.29, 0.717) is 5.88 Å². The van der Waals surface area contributed by atoms with Crippen LogP contribution in [-0.2, 0) is 0 Å². The molecule has 0 radical (unpaired) electrons. The predicted octanol–water partition coefficient (Wildman–Crippen LogP) is 4.36. The molecule has 0 aliphatic carbocycles. The molecular weight excluding hydrogens is 192 g/mol. The van der Waals surface area contributed by atoms with Gasteiger partial charge in [-0.05, 0) is 24.5 Å². The number of benzene rings is 1. The van der Waals surface area contributed by atoms with Crippen LogP contribution in [0.3, 0.4) is 0 Å². The SMILES string of the molecule is C=C(C)c1ccc(C=CCCCl)cc1. The van der Waals surface area contributed by atoms with E-state index in [2.05, 4.69) is 43.0 Å². The van der Waals surface area contributed by atoms with Gasteiger partial charge in [0.2, 0.25) is 0 Å². The highest BCUT2D eigenvalue weighted by Crippen LogP contribution is 2.13. The number of rotatable bonds is 4. The Morgan fingerprint density at radius 1 is 1.36 bits per heavy atom. The molecule has 0 saturated heterocycles. The first-order chi connectivity index (χ1) is 6.74. The molecule has 0 aliphatic heterocycles. The lowest BCUT2D eigenvalue weighted by molar-refractivity contribution is 1.24. The molecule has 1 rings (SSSR count). The predicted molar refractivity (Wildman–Crippen MR) is 65.5 cm³/mol. The van der Waals surface area contributed by atoms with Gasteiger partial charge in [0.05, 0.1) is 0 Å². The Hall–Kier alpha value is -1.01. The minimum atomic E-state index is 0.681. The van der Waals surface area contributed by atoms with Crippen molar-refractivity contribution in [3.05, 3.63) is 48.0 Å². The maximum atomic E-state index is 5.57. The molecule has 1 aromatic rings. The fraction of sp³-hybridized carbons (Fsp3) is 0.231. The number of alkyl halides is 1. The Balaban J connectivity index is 2.68. The van der Waals surface area contributed by atoms with Gasteiger partial charge in [-0.1, -0.05) is 48.6 Å². The maximum absolute atomic E-state index is 5.57. The van der Waals surface area contributed by atoms with E-state index in [1.807, 2.05) is 6.92 Å². The van der Waals surface area contributed by atoms with Crippen molar-refractivity contribution < 1.29 is 0 Å². The van der Waals surface area contributed by atoms with Crippen LogP contribution in [0.2, 0.25) is 0 Å². The third kappa shape index (κ3) is 3.39. The molecule has 14 heavy (non-hydrogen) atoms. The molecule has 0 N–H and O–H groups in total. The number of allylic oxidation sites excluding steroid dienone is 2.